The Labute approximate surface area is 152 Å². The van der Waals surface area contributed by atoms with Crippen molar-refractivity contribution in [2.75, 3.05) is 6.54 Å². The minimum Gasteiger partial charge on any atom is -0.426 e. The Morgan fingerprint density at radius 3 is 1.85 bits per heavy atom. The summed E-state index contributed by atoms with van der Waals surface area (Å²) in [5.74, 6) is -3.14. The molecule has 1 fully saturated rings. The number of carbonyl (C=O) groups excluding carboxylic acids is 1. The van der Waals surface area contributed by atoms with Crippen LogP contribution >= 0.6 is 0 Å². The highest BCUT2D eigenvalue weighted by atomic mass is 19.4. The monoisotopic (exact) mass is 376 g/mol. The van der Waals surface area contributed by atoms with Crippen molar-refractivity contribution in [2.45, 2.75) is 62.0 Å². The van der Waals surface area contributed by atoms with Gasteiger partial charge < -0.3 is 14.5 Å². The van der Waals surface area contributed by atoms with Crippen molar-refractivity contribution in [1.29, 1.82) is 0 Å². The van der Waals surface area contributed by atoms with E-state index in [4.69, 9.17) is 31.4 Å². The normalized spacial score (nSPS) is 25.4. The van der Waals surface area contributed by atoms with E-state index in [1.54, 1.807) is 20.8 Å². The van der Waals surface area contributed by atoms with Crippen molar-refractivity contribution < 1.29 is 35.9 Å². The number of ether oxygens (including phenoxy) is 1. The summed E-state index contributed by atoms with van der Waals surface area (Å²) in [5.41, 5.74) is -0.713. The molecular weight excluding hydrogens is 361 g/mol. The van der Waals surface area contributed by atoms with Crippen LogP contribution in [-0.4, -0.2) is 95.0 Å². The zero-order valence-electron chi connectivity index (χ0n) is 14.2. The topological polar surface area (TPSA) is 32.8 Å². The molecule has 1 aliphatic rings. The van der Waals surface area contributed by atoms with Crippen LogP contribution in [0.3, 0.4) is 0 Å². The second-order valence-corrected chi connectivity index (χ2v) is 6.94. The van der Waals surface area contributed by atoms with Gasteiger partial charge in [0, 0.05) is 18.0 Å². The van der Waals surface area contributed by atoms with E-state index < -0.39 is 47.3 Å². The van der Waals surface area contributed by atoms with Gasteiger partial charge in [-0.1, -0.05) is 0 Å². The summed E-state index contributed by atoms with van der Waals surface area (Å²) in [6.45, 7) is 4.77. The van der Waals surface area contributed by atoms with Crippen LogP contribution < -0.4 is 0 Å². The van der Waals surface area contributed by atoms with Gasteiger partial charge in [-0.3, -0.25) is 0 Å². The number of hydrogen-bond acceptors (Lipinski definition) is 3. The SMILES string of the molecule is [B]C1CN(C(C)(C)C)C([B])([B])C([B])N1C(=O)OC(C(F)(F)F)C(F)(F)F. The predicted molar refractivity (Wildman–Crippen MR) is 84.0 cm³/mol. The van der Waals surface area contributed by atoms with Crippen LogP contribution in [0, 0.1) is 0 Å². The molecule has 26 heavy (non-hydrogen) atoms. The molecule has 14 heteroatoms. The lowest BCUT2D eigenvalue weighted by Crippen LogP contribution is -2.76. The second-order valence-electron chi connectivity index (χ2n) is 6.94. The number of alkyl halides is 6. The Kier molecular flexibility index (Phi) is 6.14. The van der Waals surface area contributed by atoms with Gasteiger partial charge in [0.1, 0.15) is 7.85 Å². The number of nitrogens with zero attached hydrogens (tertiary/aromatic N) is 2. The lowest BCUT2D eigenvalue weighted by Gasteiger charge is -2.60. The smallest absolute Gasteiger partial charge is 0.426 e. The van der Waals surface area contributed by atoms with Crippen LogP contribution in [0.15, 0.2) is 0 Å². The van der Waals surface area contributed by atoms with Crippen LogP contribution in [0.2, 0.25) is 0 Å². The Morgan fingerprint density at radius 2 is 1.50 bits per heavy atom. The number of piperazine rings is 1. The van der Waals surface area contributed by atoms with E-state index in [2.05, 4.69) is 4.74 Å². The summed E-state index contributed by atoms with van der Waals surface area (Å²) in [6.07, 6.45) is -18.1. The summed E-state index contributed by atoms with van der Waals surface area (Å²) >= 11 is 0. The molecule has 2 atom stereocenters. The maximum Gasteiger partial charge on any atom is 0.434 e. The first-order chi connectivity index (χ1) is 11.3. The lowest BCUT2D eigenvalue weighted by molar-refractivity contribution is -0.308. The number of hydrogen-bond donors (Lipinski definition) is 0. The average molecular weight is 375 g/mol. The summed E-state index contributed by atoms with van der Waals surface area (Å²) in [5, 5.41) is -1.99. The Hall–Kier alpha value is -0.930. The molecule has 0 spiro atoms. The summed E-state index contributed by atoms with van der Waals surface area (Å²) in [4.78, 5) is 13.6. The van der Waals surface area contributed by atoms with Crippen molar-refractivity contribution in [1.82, 2.24) is 9.80 Å². The number of carbonyl (C=O) groups is 1. The third kappa shape index (κ3) is 4.67. The fourth-order valence-electron chi connectivity index (χ4n) is 2.61. The molecular formula is C12H14B4F6N2O2. The summed E-state index contributed by atoms with van der Waals surface area (Å²) < 4.78 is 79.1. The van der Waals surface area contributed by atoms with Crippen LogP contribution in [-0.2, 0) is 4.74 Å². The predicted octanol–water partition coefficient (Wildman–Crippen LogP) is 1.01. The van der Waals surface area contributed by atoms with Gasteiger partial charge in [0.2, 0.25) is 0 Å². The molecule has 2 unspecified atom stereocenters. The van der Waals surface area contributed by atoms with Gasteiger partial charge in [0.25, 0.3) is 6.10 Å². The van der Waals surface area contributed by atoms with E-state index in [1.165, 1.54) is 4.90 Å². The van der Waals surface area contributed by atoms with E-state index in [0.29, 0.717) is 0 Å². The molecule has 0 aromatic carbocycles. The molecule has 1 rings (SSSR count). The first kappa shape index (κ1) is 23.1. The third-order valence-corrected chi connectivity index (χ3v) is 3.80. The molecule has 0 aromatic heterocycles. The molecule has 0 N–H and O–H groups in total. The quantitative estimate of drug-likeness (QED) is 0.507. The van der Waals surface area contributed by atoms with Crippen molar-refractivity contribution in [3.63, 3.8) is 0 Å². The van der Waals surface area contributed by atoms with E-state index in [-0.39, 0.29) is 11.4 Å². The maximum absolute atomic E-state index is 12.6. The highest BCUT2D eigenvalue weighted by molar-refractivity contribution is 6.44. The Bertz CT molecular complexity index is 523. The molecule has 1 heterocycles. The minimum absolute atomic E-state index is 0.262. The van der Waals surface area contributed by atoms with Crippen LogP contribution in [0.1, 0.15) is 20.8 Å². The largest absolute Gasteiger partial charge is 0.434 e. The summed E-state index contributed by atoms with van der Waals surface area (Å²) in [6, 6.07) is 0. The van der Waals surface area contributed by atoms with Crippen LogP contribution in [0.25, 0.3) is 0 Å². The molecule has 0 aliphatic carbocycles. The molecule has 1 amide bonds. The maximum atomic E-state index is 12.6. The molecule has 4 nitrogen and oxygen atoms in total. The van der Waals surface area contributed by atoms with Crippen molar-refractivity contribution in [2.24, 2.45) is 0 Å². The van der Waals surface area contributed by atoms with E-state index in [9.17, 15) is 31.1 Å². The van der Waals surface area contributed by atoms with E-state index in [1.807, 2.05) is 0 Å². The molecule has 8 radical (unpaired) electrons. The lowest BCUT2D eigenvalue weighted by atomic mass is 9.48. The van der Waals surface area contributed by atoms with Crippen LogP contribution in [0.4, 0.5) is 31.1 Å². The number of halogens is 6. The molecule has 0 saturated carbocycles. The Balaban J connectivity index is 3.13. The third-order valence-electron chi connectivity index (χ3n) is 3.80. The zero-order valence-corrected chi connectivity index (χ0v) is 14.2. The van der Waals surface area contributed by atoms with Gasteiger partial charge in [-0.05, 0) is 32.1 Å². The zero-order chi connectivity index (χ0) is 20.9. The van der Waals surface area contributed by atoms with Gasteiger partial charge in [-0.25, -0.2) is 4.79 Å². The van der Waals surface area contributed by atoms with Gasteiger partial charge >= 0.3 is 18.4 Å². The molecule has 1 aliphatic heterocycles. The van der Waals surface area contributed by atoms with Crippen molar-refractivity contribution in [3.05, 3.63) is 0 Å². The van der Waals surface area contributed by atoms with Crippen LogP contribution in [0.5, 0.6) is 0 Å². The first-order valence-corrected chi connectivity index (χ1v) is 7.30. The number of rotatable bonds is 1. The fourth-order valence-corrected chi connectivity index (χ4v) is 2.61. The molecule has 0 bridgehead atoms. The van der Waals surface area contributed by atoms with Gasteiger partial charge in [0.15, 0.2) is 0 Å². The Morgan fingerprint density at radius 1 is 1.08 bits per heavy atom. The van der Waals surface area contributed by atoms with E-state index >= 15 is 0 Å². The minimum atomic E-state index is -5.88. The van der Waals surface area contributed by atoms with Crippen molar-refractivity contribution >= 4 is 37.5 Å². The first-order valence-electron chi connectivity index (χ1n) is 7.30. The van der Waals surface area contributed by atoms with Gasteiger partial charge in [-0.15, -0.1) is 0 Å². The average Bonchev–Trinajstić information content (AvgIpc) is 2.37. The summed E-state index contributed by atoms with van der Waals surface area (Å²) in [7, 11) is 23.2. The second kappa shape index (κ2) is 6.91. The van der Waals surface area contributed by atoms with Crippen molar-refractivity contribution in [3.8, 4) is 0 Å². The van der Waals surface area contributed by atoms with Gasteiger partial charge in [-0.2, -0.15) is 26.3 Å². The van der Waals surface area contributed by atoms with E-state index in [0.717, 1.165) is 0 Å². The molecule has 138 valence electrons. The van der Waals surface area contributed by atoms with Gasteiger partial charge in [0.05, 0.1) is 23.5 Å². The molecule has 1 saturated heterocycles. The number of amides is 1. The fraction of sp³-hybridized carbons (Fsp3) is 0.917. The highest BCUT2D eigenvalue weighted by Crippen LogP contribution is 2.37. The molecule has 0 aromatic rings. The highest BCUT2D eigenvalue weighted by Gasteiger charge is 2.61. The standard InChI is InChI=1S/C12H14B4F6N2O2/c1-9(2,3)23-4-5(13)24(7(14)10(23,15)16)8(25)26-6(11(17,18)19)12(20,21)22/h5-7H,4H2,1-3H3.